The Balaban J connectivity index is 2.99. The second kappa shape index (κ2) is 4.64. The predicted molar refractivity (Wildman–Crippen MR) is 59.8 cm³/mol. The van der Waals surface area contributed by atoms with E-state index in [-0.39, 0.29) is 0 Å². The van der Waals surface area contributed by atoms with Crippen LogP contribution in [0.3, 0.4) is 0 Å². The van der Waals surface area contributed by atoms with E-state index >= 15 is 0 Å². The van der Waals surface area contributed by atoms with Crippen molar-refractivity contribution in [3.05, 3.63) is 22.3 Å². The standard InChI is InChI=1S/C13H22/c1-5-11(4)13-9-7-6-8-12(13)10(2)3/h5-9H2,1-4H3. The summed E-state index contributed by atoms with van der Waals surface area (Å²) < 4.78 is 0. The molecule has 0 aliphatic heterocycles. The van der Waals surface area contributed by atoms with E-state index in [9.17, 15) is 0 Å². The molecule has 1 fully saturated rings. The summed E-state index contributed by atoms with van der Waals surface area (Å²) in [6.45, 7) is 9.07. The second-order valence-corrected chi connectivity index (χ2v) is 4.30. The largest absolute Gasteiger partial charge is 0.0730 e. The van der Waals surface area contributed by atoms with E-state index in [1.807, 2.05) is 0 Å². The van der Waals surface area contributed by atoms with Crippen LogP contribution in [0.1, 0.15) is 59.8 Å². The van der Waals surface area contributed by atoms with Crippen molar-refractivity contribution in [2.24, 2.45) is 0 Å². The Labute approximate surface area is 82.7 Å². The van der Waals surface area contributed by atoms with Crippen LogP contribution in [-0.2, 0) is 0 Å². The van der Waals surface area contributed by atoms with Crippen molar-refractivity contribution in [3.63, 3.8) is 0 Å². The third-order valence-corrected chi connectivity index (χ3v) is 3.12. The van der Waals surface area contributed by atoms with Gasteiger partial charge in [-0.3, -0.25) is 0 Å². The maximum absolute atomic E-state index is 2.30. The molecule has 1 aliphatic rings. The summed E-state index contributed by atoms with van der Waals surface area (Å²) in [7, 11) is 0. The van der Waals surface area contributed by atoms with Crippen molar-refractivity contribution in [3.8, 4) is 0 Å². The van der Waals surface area contributed by atoms with E-state index in [0.717, 1.165) is 0 Å². The summed E-state index contributed by atoms with van der Waals surface area (Å²) in [5, 5.41) is 0. The lowest BCUT2D eigenvalue weighted by Gasteiger charge is -2.22. The van der Waals surface area contributed by atoms with Crippen LogP contribution in [0.5, 0.6) is 0 Å². The molecule has 0 aromatic carbocycles. The number of hydrogen-bond donors (Lipinski definition) is 0. The predicted octanol–water partition coefficient (Wildman–Crippen LogP) is 4.62. The molecule has 0 aromatic rings. The van der Waals surface area contributed by atoms with E-state index in [1.165, 1.54) is 37.7 Å². The van der Waals surface area contributed by atoms with Crippen molar-refractivity contribution in [1.82, 2.24) is 0 Å². The minimum atomic E-state index is 1.21. The number of hydrogen-bond acceptors (Lipinski definition) is 0. The average Bonchev–Trinajstić information content (AvgIpc) is 2.16. The van der Waals surface area contributed by atoms with E-state index in [4.69, 9.17) is 0 Å². The highest BCUT2D eigenvalue weighted by Gasteiger charge is 2.14. The van der Waals surface area contributed by atoms with Crippen LogP contribution in [-0.4, -0.2) is 0 Å². The molecule has 0 atom stereocenters. The van der Waals surface area contributed by atoms with E-state index in [2.05, 4.69) is 27.7 Å². The molecule has 74 valence electrons. The summed E-state index contributed by atoms with van der Waals surface area (Å²) in [5.41, 5.74) is 6.47. The van der Waals surface area contributed by atoms with Gasteiger partial charge in [0.2, 0.25) is 0 Å². The highest BCUT2D eigenvalue weighted by molar-refractivity contribution is 5.38. The van der Waals surface area contributed by atoms with Crippen LogP contribution in [0, 0.1) is 0 Å². The molecule has 0 bridgehead atoms. The third kappa shape index (κ3) is 2.46. The van der Waals surface area contributed by atoms with Gasteiger partial charge >= 0.3 is 0 Å². The molecule has 1 aliphatic carbocycles. The Hall–Kier alpha value is -0.520. The molecule has 0 aromatic heterocycles. The van der Waals surface area contributed by atoms with Crippen LogP contribution in [0.4, 0.5) is 0 Å². The highest BCUT2D eigenvalue weighted by atomic mass is 14.2. The summed E-state index contributed by atoms with van der Waals surface area (Å²) in [6, 6.07) is 0. The zero-order chi connectivity index (χ0) is 9.84. The second-order valence-electron chi connectivity index (χ2n) is 4.30. The molecule has 0 N–H and O–H groups in total. The molecule has 0 heterocycles. The molecule has 0 nitrogen and oxygen atoms in total. The van der Waals surface area contributed by atoms with Crippen LogP contribution in [0.25, 0.3) is 0 Å². The molecule has 0 radical (unpaired) electrons. The Morgan fingerprint density at radius 1 is 1.00 bits per heavy atom. The summed E-state index contributed by atoms with van der Waals surface area (Å²) in [4.78, 5) is 0. The lowest BCUT2D eigenvalue weighted by atomic mass is 9.84. The number of allylic oxidation sites excluding steroid dienone is 4. The minimum Gasteiger partial charge on any atom is -0.0730 e. The smallest absolute Gasteiger partial charge is 0.0277 e. The van der Waals surface area contributed by atoms with Gasteiger partial charge in [0.05, 0.1) is 0 Å². The highest BCUT2D eigenvalue weighted by Crippen LogP contribution is 2.33. The Morgan fingerprint density at radius 2 is 1.54 bits per heavy atom. The molecule has 0 heteroatoms. The first-order valence-corrected chi connectivity index (χ1v) is 5.52. The molecule has 1 saturated carbocycles. The normalized spacial score (nSPS) is 21.7. The first kappa shape index (κ1) is 10.6. The monoisotopic (exact) mass is 178 g/mol. The molecular weight excluding hydrogens is 156 g/mol. The van der Waals surface area contributed by atoms with E-state index < -0.39 is 0 Å². The van der Waals surface area contributed by atoms with Crippen LogP contribution in [0.15, 0.2) is 22.3 Å². The van der Waals surface area contributed by atoms with Gasteiger partial charge in [0.1, 0.15) is 0 Å². The maximum Gasteiger partial charge on any atom is -0.0277 e. The summed E-state index contributed by atoms with van der Waals surface area (Å²) in [5.74, 6) is 0. The first-order chi connectivity index (χ1) is 6.16. The van der Waals surface area contributed by atoms with Crippen molar-refractivity contribution >= 4 is 0 Å². The fourth-order valence-electron chi connectivity index (χ4n) is 2.14. The van der Waals surface area contributed by atoms with Crippen LogP contribution >= 0.6 is 0 Å². The van der Waals surface area contributed by atoms with Gasteiger partial charge in [-0.25, -0.2) is 0 Å². The van der Waals surface area contributed by atoms with Gasteiger partial charge in [-0.2, -0.15) is 0 Å². The van der Waals surface area contributed by atoms with E-state index in [1.54, 1.807) is 16.7 Å². The topological polar surface area (TPSA) is 0 Å². The molecule has 1 rings (SSSR count). The van der Waals surface area contributed by atoms with Gasteiger partial charge in [0, 0.05) is 0 Å². The molecule has 0 saturated heterocycles. The molecular formula is C13H22. The van der Waals surface area contributed by atoms with Gasteiger partial charge in [0.15, 0.2) is 0 Å². The first-order valence-electron chi connectivity index (χ1n) is 5.52. The van der Waals surface area contributed by atoms with Crippen LogP contribution < -0.4 is 0 Å². The van der Waals surface area contributed by atoms with Crippen molar-refractivity contribution in [1.29, 1.82) is 0 Å². The van der Waals surface area contributed by atoms with Crippen LogP contribution in [0.2, 0.25) is 0 Å². The maximum atomic E-state index is 2.30. The van der Waals surface area contributed by atoms with Gasteiger partial charge in [-0.1, -0.05) is 18.1 Å². The molecule has 13 heavy (non-hydrogen) atoms. The summed E-state index contributed by atoms with van der Waals surface area (Å²) in [6.07, 6.45) is 6.63. The Bertz CT molecular complexity index is 237. The van der Waals surface area contributed by atoms with Crippen molar-refractivity contribution in [2.75, 3.05) is 0 Å². The van der Waals surface area contributed by atoms with Gasteiger partial charge < -0.3 is 0 Å². The third-order valence-electron chi connectivity index (χ3n) is 3.12. The quantitative estimate of drug-likeness (QED) is 0.549. The van der Waals surface area contributed by atoms with Crippen molar-refractivity contribution in [2.45, 2.75) is 59.8 Å². The molecule has 0 spiro atoms. The Morgan fingerprint density at radius 3 is 2.00 bits per heavy atom. The zero-order valence-electron chi connectivity index (χ0n) is 9.54. The zero-order valence-corrected chi connectivity index (χ0v) is 9.54. The van der Waals surface area contributed by atoms with Gasteiger partial charge in [-0.05, 0) is 64.0 Å². The summed E-state index contributed by atoms with van der Waals surface area (Å²) >= 11 is 0. The Kier molecular flexibility index (Phi) is 3.77. The fraction of sp³-hybridized carbons (Fsp3) is 0.692. The lowest BCUT2D eigenvalue weighted by Crippen LogP contribution is -2.02. The minimum absolute atomic E-state index is 1.21. The number of rotatable bonds is 1. The average molecular weight is 178 g/mol. The van der Waals surface area contributed by atoms with Crippen molar-refractivity contribution < 1.29 is 0 Å². The fourth-order valence-corrected chi connectivity index (χ4v) is 2.14. The lowest BCUT2D eigenvalue weighted by molar-refractivity contribution is 0.665. The van der Waals surface area contributed by atoms with Gasteiger partial charge in [0.25, 0.3) is 0 Å². The van der Waals surface area contributed by atoms with E-state index in [0.29, 0.717) is 0 Å². The molecule has 0 unspecified atom stereocenters. The SMILES string of the molecule is CCC(C)=C1CCCCC1=C(C)C. The van der Waals surface area contributed by atoms with Gasteiger partial charge in [-0.15, -0.1) is 0 Å². The molecule has 0 amide bonds.